The van der Waals surface area contributed by atoms with Crippen molar-refractivity contribution in [1.82, 2.24) is 5.06 Å². The highest BCUT2D eigenvalue weighted by molar-refractivity contribution is 6.34. The number of Topliss-reactive ketones (excluding diaryl/α,β-unsaturated/α-hetero) is 1. The summed E-state index contributed by atoms with van der Waals surface area (Å²) in [5.41, 5.74) is 1.74. The number of benzene rings is 2. The van der Waals surface area contributed by atoms with E-state index in [1.165, 1.54) is 13.1 Å². The number of rotatable bonds is 5. The molecule has 0 saturated carbocycles. The van der Waals surface area contributed by atoms with Crippen molar-refractivity contribution in [1.29, 1.82) is 0 Å². The predicted octanol–water partition coefficient (Wildman–Crippen LogP) is 2.06. The van der Waals surface area contributed by atoms with Gasteiger partial charge in [-0.3, -0.25) is 9.59 Å². The number of aryl methyl sites for hydroxylation is 1. The van der Waals surface area contributed by atoms with E-state index in [9.17, 15) is 24.9 Å². The summed E-state index contributed by atoms with van der Waals surface area (Å²) in [6.07, 6.45) is -0.466. The van der Waals surface area contributed by atoms with Gasteiger partial charge >= 0.3 is 5.91 Å². The van der Waals surface area contributed by atoms with Crippen LogP contribution in [0.2, 0.25) is 0 Å². The molecule has 0 spiro atoms. The number of aliphatic hydroxyl groups is 1. The number of aromatic hydroxyl groups is 2. The first-order chi connectivity index (χ1) is 13.7. The van der Waals surface area contributed by atoms with Gasteiger partial charge in [-0.15, -0.1) is 0 Å². The van der Waals surface area contributed by atoms with E-state index in [0.29, 0.717) is 22.6 Å². The third kappa shape index (κ3) is 3.69. The molecule has 2 aromatic rings. The van der Waals surface area contributed by atoms with Crippen LogP contribution in [-0.2, 0) is 38.0 Å². The maximum absolute atomic E-state index is 12.1. The highest BCUT2D eigenvalue weighted by Gasteiger charge is 2.51. The Hall–Kier alpha value is -2.94. The van der Waals surface area contributed by atoms with Gasteiger partial charge in [0.15, 0.2) is 0 Å². The van der Waals surface area contributed by atoms with Gasteiger partial charge < -0.3 is 20.1 Å². The fourth-order valence-corrected chi connectivity index (χ4v) is 3.59. The van der Waals surface area contributed by atoms with Gasteiger partial charge in [0.2, 0.25) is 5.78 Å². The molecule has 0 aliphatic carbocycles. The molecular formula is C21H23NO7. The lowest BCUT2D eigenvalue weighted by Crippen LogP contribution is -2.48. The summed E-state index contributed by atoms with van der Waals surface area (Å²) < 4.78 is 5.88. The number of hydrogen-bond donors (Lipinski definition) is 3. The van der Waals surface area contributed by atoms with Crippen LogP contribution in [-0.4, -0.2) is 39.1 Å². The number of phenols is 2. The SMILES string of the molecule is CCc1ccccc1C1OCc2cc(O)cc(O)c2C1(O)ON(C)C(=O)C(C)=O. The first-order valence-electron chi connectivity index (χ1n) is 9.13. The summed E-state index contributed by atoms with van der Waals surface area (Å²) in [7, 11) is 1.19. The maximum atomic E-state index is 12.1. The Morgan fingerprint density at radius 2 is 1.97 bits per heavy atom. The molecule has 1 amide bonds. The van der Waals surface area contributed by atoms with E-state index in [-0.39, 0.29) is 17.9 Å². The van der Waals surface area contributed by atoms with Crippen molar-refractivity contribution in [2.75, 3.05) is 7.05 Å². The van der Waals surface area contributed by atoms with E-state index < -0.39 is 29.3 Å². The second kappa shape index (κ2) is 7.82. The molecule has 0 fully saturated rings. The summed E-state index contributed by atoms with van der Waals surface area (Å²) in [5, 5.41) is 32.6. The average Bonchev–Trinajstić information content (AvgIpc) is 2.66. The lowest BCUT2D eigenvalue weighted by molar-refractivity contribution is -0.365. The second-order valence-corrected chi connectivity index (χ2v) is 6.89. The summed E-state index contributed by atoms with van der Waals surface area (Å²) >= 11 is 0. The van der Waals surface area contributed by atoms with Crippen LogP contribution in [0.5, 0.6) is 11.5 Å². The maximum Gasteiger partial charge on any atom is 0.313 e. The van der Waals surface area contributed by atoms with Crippen LogP contribution in [0.25, 0.3) is 0 Å². The Bertz CT molecular complexity index is 958. The molecule has 8 nitrogen and oxygen atoms in total. The molecular weight excluding hydrogens is 378 g/mol. The Labute approximate surface area is 167 Å². The topological polar surface area (TPSA) is 117 Å². The van der Waals surface area contributed by atoms with Gasteiger partial charge in [0.25, 0.3) is 5.79 Å². The highest BCUT2D eigenvalue weighted by atomic mass is 16.8. The van der Waals surface area contributed by atoms with Crippen molar-refractivity contribution >= 4 is 11.7 Å². The van der Waals surface area contributed by atoms with Crippen LogP contribution in [0.1, 0.15) is 42.2 Å². The largest absolute Gasteiger partial charge is 0.508 e. The van der Waals surface area contributed by atoms with E-state index in [1.54, 1.807) is 12.1 Å². The summed E-state index contributed by atoms with van der Waals surface area (Å²) in [4.78, 5) is 29.1. The van der Waals surface area contributed by atoms with Gasteiger partial charge in [-0.1, -0.05) is 31.2 Å². The summed E-state index contributed by atoms with van der Waals surface area (Å²) in [5.74, 6) is -4.74. The molecule has 1 aliphatic rings. The number of amides is 1. The molecule has 2 aromatic carbocycles. The van der Waals surface area contributed by atoms with Gasteiger partial charge in [-0.25, -0.2) is 9.90 Å². The van der Waals surface area contributed by atoms with Crippen molar-refractivity contribution in [3.8, 4) is 11.5 Å². The number of hydroxylamine groups is 2. The van der Waals surface area contributed by atoms with Crippen LogP contribution >= 0.6 is 0 Å². The van der Waals surface area contributed by atoms with Crippen molar-refractivity contribution < 1.29 is 34.5 Å². The predicted molar refractivity (Wildman–Crippen MR) is 102 cm³/mol. The quantitative estimate of drug-likeness (QED) is 0.399. The van der Waals surface area contributed by atoms with Gasteiger partial charge in [0.1, 0.15) is 17.6 Å². The average molecular weight is 401 g/mol. The molecule has 3 rings (SSSR count). The summed E-state index contributed by atoms with van der Waals surface area (Å²) in [6.45, 7) is 3.00. The van der Waals surface area contributed by atoms with Crippen LogP contribution in [0.3, 0.4) is 0 Å². The number of likely N-dealkylation sites (N-methyl/N-ethyl adjacent to an activating group) is 1. The van der Waals surface area contributed by atoms with Crippen LogP contribution < -0.4 is 0 Å². The smallest absolute Gasteiger partial charge is 0.313 e. The van der Waals surface area contributed by atoms with Crippen LogP contribution in [0, 0.1) is 0 Å². The third-order valence-electron chi connectivity index (χ3n) is 4.88. The number of hydrogen-bond acceptors (Lipinski definition) is 7. The second-order valence-electron chi connectivity index (χ2n) is 6.89. The third-order valence-corrected chi connectivity index (χ3v) is 4.88. The van der Waals surface area contributed by atoms with Crippen molar-refractivity contribution in [2.45, 2.75) is 38.8 Å². The van der Waals surface area contributed by atoms with E-state index >= 15 is 0 Å². The van der Waals surface area contributed by atoms with Gasteiger partial charge in [0, 0.05) is 20.0 Å². The Morgan fingerprint density at radius 3 is 2.62 bits per heavy atom. The first kappa shape index (κ1) is 20.8. The van der Waals surface area contributed by atoms with Gasteiger partial charge in [-0.05, 0) is 29.2 Å². The number of phenolic OH excluding ortho intramolecular Hbond substituents is 2. The zero-order valence-electron chi connectivity index (χ0n) is 16.4. The fraction of sp³-hybridized carbons (Fsp3) is 0.333. The molecule has 0 radical (unpaired) electrons. The monoisotopic (exact) mass is 401 g/mol. The number of carbonyl (C=O) groups is 2. The van der Waals surface area contributed by atoms with Crippen LogP contribution in [0.4, 0.5) is 0 Å². The molecule has 1 heterocycles. The first-order valence-corrected chi connectivity index (χ1v) is 9.13. The molecule has 2 unspecified atom stereocenters. The minimum atomic E-state index is -2.34. The zero-order chi connectivity index (χ0) is 21.3. The minimum absolute atomic E-state index is 0.0178. The number of carbonyl (C=O) groups excluding carboxylic acids is 2. The van der Waals surface area contributed by atoms with Gasteiger partial charge in [0.05, 0.1) is 12.2 Å². The van der Waals surface area contributed by atoms with Crippen molar-refractivity contribution in [3.05, 3.63) is 58.7 Å². The lowest BCUT2D eigenvalue weighted by atomic mass is 9.86. The van der Waals surface area contributed by atoms with E-state index in [0.717, 1.165) is 18.6 Å². The molecule has 3 N–H and O–H groups in total. The van der Waals surface area contributed by atoms with Crippen molar-refractivity contribution in [3.63, 3.8) is 0 Å². The van der Waals surface area contributed by atoms with Gasteiger partial charge in [-0.2, -0.15) is 0 Å². The van der Waals surface area contributed by atoms with E-state index in [2.05, 4.69) is 0 Å². The molecule has 2 atom stereocenters. The molecule has 8 heteroatoms. The molecule has 0 aromatic heterocycles. The molecule has 0 saturated heterocycles. The Morgan fingerprint density at radius 1 is 1.28 bits per heavy atom. The molecule has 154 valence electrons. The summed E-state index contributed by atoms with van der Waals surface area (Å²) in [6, 6.07) is 9.64. The Kier molecular flexibility index (Phi) is 5.61. The lowest BCUT2D eigenvalue weighted by Gasteiger charge is -2.42. The number of nitrogens with zero attached hydrogens (tertiary/aromatic N) is 1. The molecule has 1 aliphatic heterocycles. The standard InChI is InChI=1S/C21H23NO7/c1-4-13-7-5-6-8-16(13)19-21(27,29-22(3)20(26)12(2)23)18-14(11-28-19)9-15(24)10-17(18)25/h5-10,19,24-25,27H,4,11H2,1-3H3. The van der Waals surface area contributed by atoms with E-state index in [4.69, 9.17) is 9.57 Å². The van der Waals surface area contributed by atoms with Crippen molar-refractivity contribution in [2.24, 2.45) is 0 Å². The zero-order valence-corrected chi connectivity index (χ0v) is 16.4. The normalized spacial score (nSPS) is 20.8. The van der Waals surface area contributed by atoms with Crippen LogP contribution in [0.15, 0.2) is 36.4 Å². The Balaban J connectivity index is 2.18. The fourth-order valence-electron chi connectivity index (χ4n) is 3.59. The highest BCUT2D eigenvalue weighted by Crippen LogP contribution is 2.50. The van der Waals surface area contributed by atoms with E-state index in [1.807, 2.05) is 19.1 Å². The molecule has 0 bridgehead atoms. The number of ether oxygens (including phenoxy) is 1. The minimum Gasteiger partial charge on any atom is -0.508 e. The number of ketones is 1. The number of fused-ring (bicyclic) bond motifs is 1. The molecule has 29 heavy (non-hydrogen) atoms.